The maximum Gasteiger partial charge on any atom is 0.332 e. The topological polar surface area (TPSA) is 66.8 Å². The number of hydrogen-bond donors (Lipinski definition) is 1. The molecule has 1 fully saturated rings. The molecule has 1 saturated carbocycles. The van der Waals surface area contributed by atoms with Crippen molar-refractivity contribution < 1.29 is 19.4 Å². The van der Waals surface area contributed by atoms with E-state index in [0.717, 1.165) is 12.8 Å². The normalized spacial score (nSPS) is 19.2. The van der Waals surface area contributed by atoms with Crippen LogP contribution < -0.4 is 0 Å². The fourth-order valence-electron chi connectivity index (χ4n) is 2.04. The minimum atomic E-state index is -1.24. The Morgan fingerprint density at radius 1 is 1.62 bits per heavy atom. The number of carboxylic acid groups (broad SMARTS) is 1. The van der Waals surface area contributed by atoms with Crippen LogP contribution in [0.1, 0.15) is 26.7 Å². The summed E-state index contributed by atoms with van der Waals surface area (Å²) in [5, 5.41) is 9.42. The highest BCUT2D eigenvalue weighted by Crippen LogP contribution is 2.36. The second-order valence-electron chi connectivity index (χ2n) is 4.56. The number of aliphatic carboxylic acids is 1. The van der Waals surface area contributed by atoms with E-state index in [9.17, 15) is 14.7 Å². The SMILES string of the molecule is COCC(C(=O)O)(C(C)C)N(C=O)C1CC1. The highest BCUT2D eigenvalue weighted by atomic mass is 16.5. The van der Waals surface area contributed by atoms with Crippen molar-refractivity contribution in [1.29, 1.82) is 0 Å². The van der Waals surface area contributed by atoms with Crippen molar-refractivity contribution in [3.63, 3.8) is 0 Å². The number of hydrogen-bond acceptors (Lipinski definition) is 3. The molecule has 0 aromatic rings. The van der Waals surface area contributed by atoms with Crippen LogP contribution in [-0.4, -0.2) is 47.7 Å². The zero-order valence-electron chi connectivity index (χ0n) is 9.97. The first kappa shape index (κ1) is 13.0. The van der Waals surface area contributed by atoms with Crippen molar-refractivity contribution in [2.24, 2.45) is 5.92 Å². The number of carbonyl (C=O) groups excluding carboxylic acids is 1. The van der Waals surface area contributed by atoms with Crippen LogP contribution in [0.15, 0.2) is 0 Å². The number of carbonyl (C=O) groups is 2. The smallest absolute Gasteiger partial charge is 0.332 e. The standard InChI is InChI=1S/C11H19NO4/c1-8(2)11(6-16-3,10(14)15)12(7-13)9-4-5-9/h7-9H,4-6H2,1-3H3,(H,14,15). The molecule has 1 amide bonds. The van der Waals surface area contributed by atoms with Gasteiger partial charge < -0.3 is 14.7 Å². The van der Waals surface area contributed by atoms with Crippen molar-refractivity contribution in [3.8, 4) is 0 Å². The van der Waals surface area contributed by atoms with E-state index in [1.807, 2.05) is 0 Å². The third-order valence-electron chi connectivity index (χ3n) is 3.20. The van der Waals surface area contributed by atoms with Gasteiger partial charge in [0, 0.05) is 13.2 Å². The third kappa shape index (κ3) is 2.04. The molecule has 0 bridgehead atoms. The van der Waals surface area contributed by atoms with E-state index in [1.165, 1.54) is 12.0 Å². The molecule has 16 heavy (non-hydrogen) atoms. The fraction of sp³-hybridized carbons (Fsp3) is 0.818. The maximum absolute atomic E-state index is 11.5. The predicted molar refractivity (Wildman–Crippen MR) is 58.0 cm³/mol. The molecule has 5 nitrogen and oxygen atoms in total. The molecule has 1 N–H and O–H groups in total. The van der Waals surface area contributed by atoms with Crippen LogP contribution in [0.25, 0.3) is 0 Å². The summed E-state index contributed by atoms with van der Waals surface area (Å²) in [6.45, 7) is 3.62. The van der Waals surface area contributed by atoms with Crippen LogP contribution >= 0.6 is 0 Å². The van der Waals surface area contributed by atoms with Gasteiger partial charge in [-0.1, -0.05) is 13.8 Å². The summed E-state index contributed by atoms with van der Waals surface area (Å²) in [7, 11) is 1.45. The monoisotopic (exact) mass is 229 g/mol. The van der Waals surface area contributed by atoms with Gasteiger partial charge in [-0.15, -0.1) is 0 Å². The Morgan fingerprint density at radius 3 is 2.44 bits per heavy atom. The zero-order valence-corrected chi connectivity index (χ0v) is 9.97. The Kier molecular flexibility index (Phi) is 3.91. The van der Waals surface area contributed by atoms with Gasteiger partial charge in [-0.2, -0.15) is 0 Å². The summed E-state index contributed by atoms with van der Waals surface area (Å²) in [6, 6.07) is 0.0612. The van der Waals surface area contributed by atoms with Crippen LogP contribution in [-0.2, 0) is 14.3 Å². The van der Waals surface area contributed by atoms with Crippen LogP contribution in [0, 0.1) is 5.92 Å². The molecule has 0 radical (unpaired) electrons. The first-order valence-corrected chi connectivity index (χ1v) is 5.46. The second kappa shape index (κ2) is 4.82. The summed E-state index contributed by atoms with van der Waals surface area (Å²) < 4.78 is 5.01. The molecule has 0 aromatic carbocycles. The molecule has 0 aromatic heterocycles. The Morgan fingerprint density at radius 2 is 2.19 bits per heavy atom. The molecule has 5 heteroatoms. The van der Waals surface area contributed by atoms with Crippen LogP contribution in [0.4, 0.5) is 0 Å². The van der Waals surface area contributed by atoms with Crippen molar-refractivity contribution in [1.82, 2.24) is 4.90 Å². The van der Waals surface area contributed by atoms with Gasteiger partial charge in [0.05, 0.1) is 6.61 Å². The van der Waals surface area contributed by atoms with E-state index in [0.29, 0.717) is 6.41 Å². The molecule has 0 saturated heterocycles. The highest BCUT2D eigenvalue weighted by molar-refractivity contribution is 5.82. The molecule has 0 spiro atoms. The highest BCUT2D eigenvalue weighted by Gasteiger charge is 2.51. The molecule has 1 aliphatic rings. The van der Waals surface area contributed by atoms with Gasteiger partial charge in [0.1, 0.15) is 0 Å². The van der Waals surface area contributed by atoms with Gasteiger partial charge in [0.15, 0.2) is 5.54 Å². The number of rotatable bonds is 7. The first-order chi connectivity index (χ1) is 7.50. The van der Waals surface area contributed by atoms with E-state index in [1.54, 1.807) is 13.8 Å². The van der Waals surface area contributed by atoms with Crippen molar-refractivity contribution in [3.05, 3.63) is 0 Å². The number of amides is 1. The van der Waals surface area contributed by atoms with E-state index >= 15 is 0 Å². The van der Waals surface area contributed by atoms with Gasteiger partial charge in [-0.25, -0.2) is 4.79 Å². The van der Waals surface area contributed by atoms with Crippen molar-refractivity contribution in [2.75, 3.05) is 13.7 Å². The lowest BCUT2D eigenvalue weighted by molar-refractivity contribution is -0.164. The number of methoxy groups -OCH3 is 1. The van der Waals surface area contributed by atoms with Crippen LogP contribution in [0.5, 0.6) is 0 Å². The summed E-state index contributed by atoms with van der Waals surface area (Å²) in [4.78, 5) is 24.0. The van der Waals surface area contributed by atoms with E-state index in [2.05, 4.69) is 0 Å². The Bertz CT molecular complexity index is 275. The molecule has 1 aliphatic carbocycles. The average molecular weight is 229 g/mol. The third-order valence-corrected chi connectivity index (χ3v) is 3.20. The second-order valence-corrected chi connectivity index (χ2v) is 4.56. The van der Waals surface area contributed by atoms with Gasteiger partial charge >= 0.3 is 5.97 Å². The van der Waals surface area contributed by atoms with Crippen LogP contribution in [0.3, 0.4) is 0 Å². The van der Waals surface area contributed by atoms with Gasteiger partial charge in [-0.05, 0) is 18.8 Å². The number of carboxylic acids is 1. The fourth-order valence-corrected chi connectivity index (χ4v) is 2.04. The molecule has 1 rings (SSSR count). The minimum Gasteiger partial charge on any atom is -0.479 e. The number of nitrogens with zero attached hydrogens (tertiary/aromatic N) is 1. The minimum absolute atomic E-state index is 0.0231. The van der Waals surface area contributed by atoms with Gasteiger partial charge in [-0.3, -0.25) is 4.79 Å². The summed E-state index contributed by atoms with van der Waals surface area (Å²) in [5.41, 5.74) is -1.24. The maximum atomic E-state index is 11.5. The van der Waals surface area contributed by atoms with Gasteiger partial charge in [0.25, 0.3) is 0 Å². The Balaban J connectivity index is 3.06. The van der Waals surface area contributed by atoms with Crippen molar-refractivity contribution in [2.45, 2.75) is 38.3 Å². The zero-order chi connectivity index (χ0) is 12.3. The molecule has 0 heterocycles. The Labute approximate surface area is 95.4 Å². The lowest BCUT2D eigenvalue weighted by atomic mass is 9.85. The van der Waals surface area contributed by atoms with E-state index in [4.69, 9.17) is 4.74 Å². The largest absolute Gasteiger partial charge is 0.479 e. The Hall–Kier alpha value is -1.10. The summed E-state index contributed by atoms with van der Waals surface area (Å²) in [5.74, 6) is -1.20. The number of ether oxygens (including phenoxy) is 1. The van der Waals surface area contributed by atoms with E-state index < -0.39 is 11.5 Å². The molecular weight excluding hydrogens is 210 g/mol. The van der Waals surface area contributed by atoms with Gasteiger partial charge in [0.2, 0.25) is 6.41 Å². The average Bonchev–Trinajstić information content (AvgIpc) is 3.00. The van der Waals surface area contributed by atoms with Crippen LogP contribution in [0.2, 0.25) is 0 Å². The van der Waals surface area contributed by atoms with E-state index in [-0.39, 0.29) is 18.6 Å². The molecule has 92 valence electrons. The summed E-state index contributed by atoms with van der Waals surface area (Å²) in [6.07, 6.45) is 2.40. The predicted octanol–water partition coefficient (Wildman–Crippen LogP) is 0.733. The molecular formula is C11H19NO4. The molecule has 0 aliphatic heterocycles. The first-order valence-electron chi connectivity index (χ1n) is 5.46. The quantitative estimate of drug-likeness (QED) is 0.654. The molecule has 1 atom stereocenters. The lowest BCUT2D eigenvalue weighted by Crippen LogP contribution is -2.61. The molecule has 1 unspecified atom stereocenters. The lowest BCUT2D eigenvalue weighted by Gasteiger charge is -2.41. The summed E-state index contributed by atoms with van der Waals surface area (Å²) >= 11 is 0. The van der Waals surface area contributed by atoms with Crippen molar-refractivity contribution >= 4 is 12.4 Å².